The number of rotatable bonds is 7. The maximum absolute atomic E-state index is 9.47. The number of hydrogen-bond donors (Lipinski definition) is 1. The molecule has 2 rings (SSSR count). The quantitative estimate of drug-likeness (QED) is 0.820. The molecule has 0 aliphatic heterocycles. The van der Waals surface area contributed by atoms with Crippen LogP contribution >= 0.6 is 0 Å². The monoisotopic (exact) mass is 260 g/mol. The Labute approximate surface area is 115 Å². The molecule has 19 heavy (non-hydrogen) atoms. The van der Waals surface area contributed by atoms with Crippen LogP contribution < -0.4 is 5.32 Å². The first kappa shape index (κ1) is 14.1. The Morgan fingerprint density at radius 2 is 2.26 bits per heavy atom. The number of hydrogen-bond acceptors (Lipinski definition) is 3. The molecule has 4 nitrogen and oxygen atoms in total. The van der Waals surface area contributed by atoms with E-state index in [1.54, 1.807) is 0 Å². The van der Waals surface area contributed by atoms with Gasteiger partial charge in [-0.1, -0.05) is 6.92 Å². The van der Waals surface area contributed by atoms with Gasteiger partial charge in [0.1, 0.15) is 5.54 Å². The van der Waals surface area contributed by atoms with Crippen molar-refractivity contribution in [2.45, 2.75) is 71.0 Å². The molecule has 0 bridgehead atoms. The van der Waals surface area contributed by atoms with E-state index < -0.39 is 0 Å². The third-order valence-electron chi connectivity index (χ3n) is 3.95. The largest absolute Gasteiger partial charge is 0.297 e. The fourth-order valence-electron chi connectivity index (χ4n) is 2.57. The van der Waals surface area contributed by atoms with Crippen molar-refractivity contribution < 1.29 is 0 Å². The third-order valence-corrected chi connectivity index (χ3v) is 3.95. The van der Waals surface area contributed by atoms with Crippen molar-refractivity contribution in [2.75, 3.05) is 0 Å². The summed E-state index contributed by atoms with van der Waals surface area (Å²) < 4.78 is 2.05. The Kier molecular flexibility index (Phi) is 4.26. The highest BCUT2D eigenvalue weighted by molar-refractivity contribution is 5.10. The van der Waals surface area contributed by atoms with Gasteiger partial charge in [0.2, 0.25) is 0 Å². The maximum Gasteiger partial charge on any atom is 0.106 e. The van der Waals surface area contributed by atoms with E-state index in [1.807, 2.05) is 11.6 Å². The zero-order valence-corrected chi connectivity index (χ0v) is 12.2. The van der Waals surface area contributed by atoms with Crippen molar-refractivity contribution >= 4 is 0 Å². The van der Waals surface area contributed by atoms with Gasteiger partial charge in [-0.15, -0.1) is 0 Å². The summed E-state index contributed by atoms with van der Waals surface area (Å²) in [5.74, 6) is 0. The Balaban J connectivity index is 1.88. The van der Waals surface area contributed by atoms with Crippen LogP contribution in [0.1, 0.15) is 50.4 Å². The average molecular weight is 260 g/mol. The highest BCUT2D eigenvalue weighted by Crippen LogP contribution is 2.26. The summed E-state index contributed by atoms with van der Waals surface area (Å²) in [6, 6.07) is 5.18. The lowest BCUT2D eigenvalue weighted by Gasteiger charge is -2.26. The van der Waals surface area contributed by atoms with E-state index in [1.165, 1.54) is 18.5 Å². The molecule has 1 heterocycles. The van der Waals surface area contributed by atoms with Crippen molar-refractivity contribution in [1.29, 1.82) is 5.26 Å². The van der Waals surface area contributed by atoms with Gasteiger partial charge in [0, 0.05) is 18.3 Å². The molecule has 1 saturated carbocycles. The van der Waals surface area contributed by atoms with E-state index in [9.17, 15) is 5.26 Å². The lowest BCUT2D eigenvalue weighted by atomic mass is 9.92. The van der Waals surface area contributed by atoms with E-state index in [0.717, 1.165) is 31.5 Å². The summed E-state index contributed by atoms with van der Waals surface area (Å²) >= 11 is 0. The second-order valence-corrected chi connectivity index (χ2v) is 5.72. The fourth-order valence-corrected chi connectivity index (χ4v) is 2.57. The van der Waals surface area contributed by atoms with E-state index in [2.05, 4.69) is 36.4 Å². The van der Waals surface area contributed by atoms with Crippen LogP contribution in [0.4, 0.5) is 0 Å². The summed E-state index contributed by atoms with van der Waals surface area (Å²) in [6.45, 7) is 7.10. The zero-order valence-electron chi connectivity index (χ0n) is 12.2. The number of aryl methyl sites for hydroxylation is 3. The molecule has 0 spiro atoms. The molecular formula is C15H24N4. The average Bonchev–Trinajstić information content (AvgIpc) is 3.14. The molecule has 1 aromatic rings. The van der Waals surface area contributed by atoms with Gasteiger partial charge in [-0.05, 0) is 52.0 Å². The Morgan fingerprint density at radius 1 is 1.53 bits per heavy atom. The minimum absolute atomic E-state index is 0.336. The molecule has 0 saturated heterocycles. The maximum atomic E-state index is 9.47. The highest BCUT2D eigenvalue weighted by atomic mass is 15.3. The van der Waals surface area contributed by atoms with Gasteiger partial charge in [-0.25, -0.2) is 0 Å². The number of nitriles is 1. The first-order chi connectivity index (χ1) is 9.08. The number of nitrogens with one attached hydrogen (secondary N) is 1. The van der Waals surface area contributed by atoms with E-state index >= 15 is 0 Å². The molecule has 1 unspecified atom stereocenters. The predicted molar refractivity (Wildman–Crippen MR) is 75.7 cm³/mol. The van der Waals surface area contributed by atoms with Gasteiger partial charge in [0.25, 0.3) is 0 Å². The molecule has 0 aromatic carbocycles. The van der Waals surface area contributed by atoms with Crippen molar-refractivity contribution in [3.05, 3.63) is 17.5 Å². The molecule has 0 radical (unpaired) electrons. The minimum Gasteiger partial charge on any atom is -0.297 e. The summed E-state index contributed by atoms with van der Waals surface area (Å²) in [5.41, 5.74) is 1.93. The van der Waals surface area contributed by atoms with Crippen LogP contribution in [0.15, 0.2) is 6.07 Å². The molecule has 1 aliphatic rings. The van der Waals surface area contributed by atoms with E-state index in [-0.39, 0.29) is 5.54 Å². The molecule has 104 valence electrons. The van der Waals surface area contributed by atoms with Gasteiger partial charge in [0.15, 0.2) is 0 Å². The second kappa shape index (κ2) is 5.75. The molecule has 0 amide bonds. The molecule has 4 heteroatoms. The van der Waals surface area contributed by atoms with Crippen LogP contribution in [-0.2, 0) is 6.54 Å². The smallest absolute Gasteiger partial charge is 0.106 e. The van der Waals surface area contributed by atoms with E-state index in [0.29, 0.717) is 6.04 Å². The standard InChI is InChI=1S/C15H24N4/c1-4-15(11-16,17-14-6-7-14)8-5-9-19-13(3)10-12(2)18-19/h10,14,17H,4-9H2,1-3H3. The van der Waals surface area contributed by atoms with Gasteiger partial charge in [-0.3, -0.25) is 10.00 Å². The van der Waals surface area contributed by atoms with Gasteiger partial charge >= 0.3 is 0 Å². The van der Waals surface area contributed by atoms with E-state index in [4.69, 9.17) is 0 Å². The molecule has 1 N–H and O–H groups in total. The van der Waals surface area contributed by atoms with Crippen LogP contribution in [-0.4, -0.2) is 21.4 Å². The van der Waals surface area contributed by atoms with Gasteiger partial charge in [0.05, 0.1) is 11.8 Å². The number of aromatic nitrogens is 2. The number of nitrogens with zero attached hydrogens (tertiary/aromatic N) is 3. The molecule has 1 aliphatic carbocycles. The first-order valence-corrected chi connectivity index (χ1v) is 7.28. The molecule has 1 fully saturated rings. The summed E-state index contributed by atoms with van der Waals surface area (Å²) in [6.07, 6.45) is 5.21. The second-order valence-electron chi connectivity index (χ2n) is 5.72. The van der Waals surface area contributed by atoms with Gasteiger partial charge in [-0.2, -0.15) is 10.4 Å². The van der Waals surface area contributed by atoms with Crippen molar-refractivity contribution in [3.8, 4) is 6.07 Å². The van der Waals surface area contributed by atoms with Crippen LogP contribution in [0, 0.1) is 25.2 Å². The lowest BCUT2D eigenvalue weighted by Crippen LogP contribution is -2.44. The molecular weight excluding hydrogens is 236 g/mol. The zero-order chi connectivity index (χ0) is 13.9. The molecule has 1 aromatic heterocycles. The van der Waals surface area contributed by atoms with Crippen LogP contribution in [0.2, 0.25) is 0 Å². The third kappa shape index (κ3) is 3.57. The van der Waals surface area contributed by atoms with Crippen molar-refractivity contribution in [3.63, 3.8) is 0 Å². The summed E-state index contributed by atoms with van der Waals surface area (Å²) in [4.78, 5) is 0. The topological polar surface area (TPSA) is 53.6 Å². The normalized spacial score (nSPS) is 18.0. The molecule has 1 atom stereocenters. The predicted octanol–water partition coefficient (Wildman–Crippen LogP) is 2.70. The van der Waals surface area contributed by atoms with Crippen molar-refractivity contribution in [2.24, 2.45) is 0 Å². The first-order valence-electron chi connectivity index (χ1n) is 7.28. The van der Waals surface area contributed by atoms with Crippen molar-refractivity contribution in [1.82, 2.24) is 15.1 Å². The Bertz CT molecular complexity index is 467. The summed E-state index contributed by atoms with van der Waals surface area (Å²) in [5, 5.41) is 17.5. The van der Waals surface area contributed by atoms with Crippen LogP contribution in [0.5, 0.6) is 0 Å². The minimum atomic E-state index is -0.336. The van der Waals surface area contributed by atoms with Crippen LogP contribution in [0.25, 0.3) is 0 Å². The fraction of sp³-hybridized carbons (Fsp3) is 0.733. The Morgan fingerprint density at radius 3 is 2.74 bits per heavy atom. The lowest BCUT2D eigenvalue weighted by molar-refractivity contribution is 0.347. The van der Waals surface area contributed by atoms with Crippen LogP contribution in [0.3, 0.4) is 0 Å². The highest BCUT2D eigenvalue weighted by Gasteiger charge is 2.34. The SMILES string of the molecule is CCC(C#N)(CCCn1nc(C)cc1C)NC1CC1. The summed E-state index contributed by atoms with van der Waals surface area (Å²) in [7, 11) is 0. The Hall–Kier alpha value is -1.34. The van der Waals surface area contributed by atoms with Gasteiger partial charge < -0.3 is 0 Å².